The first-order valence-corrected chi connectivity index (χ1v) is 9.26. The van der Waals surface area contributed by atoms with Crippen LogP contribution in [0.15, 0.2) is 24.3 Å². The summed E-state index contributed by atoms with van der Waals surface area (Å²) in [6.07, 6.45) is 5.21. The van der Waals surface area contributed by atoms with Crippen molar-refractivity contribution in [2.24, 2.45) is 0 Å². The van der Waals surface area contributed by atoms with Crippen LogP contribution < -0.4 is 4.74 Å². The zero-order valence-electron chi connectivity index (χ0n) is 15.0. The standard InChI is InChI=1S/C19H24N4OS/c1-13-10-18-20-22(12-21(2)14-6-4-5-7-14)19(25)23(18)17-11-15(24-3)8-9-16(13)17/h8-11,14H,4-7,12H2,1-3H3. The quantitative estimate of drug-likeness (QED) is 0.657. The van der Waals surface area contributed by atoms with E-state index in [1.54, 1.807) is 7.11 Å². The number of methoxy groups -OCH3 is 1. The van der Waals surface area contributed by atoms with Crippen molar-refractivity contribution in [1.29, 1.82) is 0 Å². The molecule has 0 unspecified atom stereocenters. The molecule has 132 valence electrons. The third-order valence-electron chi connectivity index (χ3n) is 5.39. The van der Waals surface area contributed by atoms with Gasteiger partial charge in [-0.25, -0.2) is 4.68 Å². The summed E-state index contributed by atoms with van der Waals surface area (Å²) in [6.45, 7) is 2.84. The number of hydrogen-bond donors (Lipinski definition) is 0. The molecule has 2 heterocycles. The summed E-state index contributed by atoms with van der Waals surface area (Å²) in [4.78, 5) is 2.38. The Morgan fingerprint density at radius 3 is 2.76 bits per heavy atom. The molecule has 0 amide bonds. The monoisotopic (exact) mass is 356 g/mol. The van der Waals surface area contributed by atoms with Gasteiger partial charge in [-0.1, -0.05) is 12.8 Å². The summed E-state index contributed by atoms with van der Waals surface area (Å²) in [5.41, 5.74) is 3.14. The van der Waals surface area contributed by atoms with Crippen LogP contribution in [0.1, 0.15) is 31.2 Å². The van der Waals surface area contributed by atoms with Gasteiger partial charge in [-0.05, 0) is 62.8 Å². The van der Waals surface area contributed by atoms with Crippen molar-refractivity contribution in [2.75, 3.05) is 14.2 Å². The van der Waals surface area contributed by atoms with Gasteiger partial charge in [0.1, 0.15) is 5.75 Å². The molecule has 1 fully saturated rings. The molecule has 5 nitrogen and oxygen atoms in total. The van der Waals surface area contributed by atoms with Crippen LogP contribution in [0.5, 0.6) is 5.75 Å². The number of rotatable bonds is 4. The van der Waals surface area contributed by atoms with Crippen molar-refractivity contribution in [3.8, 4) is 5.75 Å². The molecule has 25 heavy (non-hydrogen) atoms. The van der Waals surface area contributed by atoms with E-state index >= 15 is 0 Å². The van der Waals surface area contributed by atoms with E-state index in [9.17, 15) is 0 Å². The Hall–Kier alpha value is -1.92. The first-order chi connectivity index (χ1) is 12.1. The lowest BCUT2D eigenvalue weighted by Gasteiger charge is -2.23. The number of aryl methyl sites for hydroxylation is 1. The highest BCUT2D eigenvalue weighted by atomic mass is 32.1. The molecule has 1 aliphatic rings. The van der Waals surface area contributed by atoms with E-state index in [0.29, 0.717) is 6.04 Å². The van der Waals surface area contributed by atoms with Gasteiger partial charge in [0.15, 0.2) is 5.65 Å². The molecular formula is C19H24N4OS. The van der Waals surface area contributed by atoms with Crippen molar-refractivity contribution in [2.45, 2.75) is 45.3 Å². The molecule has 2 aromatic heterocycles. The fourth-order valence-electron chi connectivity index (χ4n) is 3.94. The number of aromatic nitrogens is 3. The number of benzene rings is 1. The highest BCUT2D eigenvalue weighted by molar-refractivity contribution is 7.71. The van der Waals surface area contributed by atoms with Gasteiger partial charge in [0.25, 0.3) is 0 Å². The molecule has 1 saturated carbocycles. The van der Waals surface area contributed by atoms with Crippen molar-refractivity contribution in [3.63, 3.8) is 0 Å². The number of ether oxygens (including phenoxy) is 1. The normalized spacial score (nSPS) is 15.7. The van der Waals surface area contributed by atoms with Gasteiger partial charge in [-0.15, -0.1) is 0 Å². The van der Waals surface area contributed by atoms with Gasteiger partial charge >= 0.3 is 0 Å². The van der Waals surface area contributed by atoms with E-state index < -0.39 is 0 Å². The molecule has 1 aromatic carbocycles. The molecule has 0 N–H and O–H groups in total. The molecule has 0 bridgehead atoms. The SMILES string of the molecule is COc1ccc2c(C)cc3nn(CN(C)C4CCCC4)c(=S)n3c2c1. The molecule has 1 aliphatic carbocycles. The molecule has 0 spiro atoms. The summed E-state index contributed by atoms with van der Waals surface area (Å²) in [6, 6.07) is 8.87. The van der Waals surface area contributed by atoms with Gasteiger partial charge in [0, 0.05) is 17.5 Å². The van der Waals surface area contributed by atoms with E-state index in [4.69, 9.17) is 22.1 Å². The molecule has 0 radical (unpaired) electrons. The topological polar surface area (TPSA) is 34.7 Å². The molecule has 6 heteroatoms. The minimum atomic E-state index is 0.644. The minimum absolute atomic E-state index is 0.644. The second-order valence-corrected chi connectivity index (χ2v) is 7.39. The van der Waals surface area contributed by atoms with Gasteiger partial charge < -0.3 is 4.74 Å². The maximum absolute atomic E-state index is 5.77. The lowest BCUT2D eigenvalue weighted by molar-refractivity contribution is 0.184. The summed E-state index contributed by atoms with van der Waals surface area (Å²) < 4.78 is 10.1. The Bertz CT molecular complexity index is 984. The molecule has 3 aromatic rings. The maximum atomic E-state index is 5.77. The maximum Gasteiger partial charge on any atom is 0.204 e. The van der Waals surface area contributed by atoms with Crippen LogP contribution >= 0.6 is 12.2 Å². The fourth-order valence-corrected chi connectivity index (χ4v) is 4.23. The van der Waals surface area contributed by atoms with Crippen LogP contribution in [-0.4, -0.2) is 39.3 Å². The molecular weight excluding hydrogens is 332 g/mol. The molecule has 0 aliphatic heterocycles. The lowest BCUT2D eigenvalue weighted by atomic mass is 10.1. The summed E-state index contributed by atoms with van der Waals surface area (Å²) in [5.74, 6) is 0.831. The Morgan fingerprint density at radius 1 is 1.28 bits per heavy atom. The van der Waals surface area contributed by atoms with Crippen LogP contribution in [-0.2, 0) is 6.67 Å². The predicted molar refractivity (Wildman–Crippen MR) is 103 cm³/mol. The Kier molecular flexibility index (Phi) is 4.25. The van der Waals surface area contributed by atoms with Crippen LogP contribution in [0.2, 0.25) is 0 Å². The second kappa shape index (κ2) is 6.42. The lowest BCUT2D eigenvalue weighted by Crippen LogP contribution is -2.31. The first-order valence-electron chi connectivity index (χ1n) is 8.85. The zero-order chi connectivity index (χ0) is 17.6. The summed E-state index contributed by atoms with van der Waals surface area (Å²) in [5, 5.41) is 5.96. The number of hydrogen-bond acceptors (Lipinski definition) is 4. The van der Waals surface area contributed by atoms with Crippen molar-refractivity contribution in [3.05, 3.63) is 34.6 Å². The van der Waals surface area contributed by atoms with Crippen LogP contribution in [0.3, 0.4) is 0 Å². The van der Waals surface area contributed by atoms with Gasteiger partial charge in [-0.2, -0.15) is 5.10 Å². The highest BCUT2D eigenvalue weighted by Gasteiger charge is 2.20. The van der Waals surface area contributed by atoms with E-state index in [1.807, 2.05) is 16.8 Å². The Morgan fingerprint density at radius 2 is 2.04 bits per heavy atom. The van der Waals surface area contributed by atoms with E-state index in [0.717, 1.165) is 28.4 Å². The predicted octanol–water partition coefficient (Wildman–Crippen LogP) is 4.17. The van der Waals surface area contributed by atoms with Gasteiger partial charge in [0.05, 0.1) is 19.3 Å². The van der Waals surface area contributed by atoms with Crippen molar-refractivity contribution in [1.82, 2.24) is 19.1 Å². The fraction of sp³-hybridized carbons (Fsp3) is 0.474. The second-order valence-electron chi connectivity index (χ2n) is 7.02. The molecule has 4 rings (SSSR count). The third kappa shape index (κ3) is 2.83. The molecule has 0 saturated heterocycles. The van der Waals surface area contributed by atoms with Crippen LogP contribution in [0.4, 0.5) is 0 Å². The average Bonchev–Trinajstić information content (AvgIpc) is 3.24. The summed E-state index contributed by atoms with van der Waals surface area (Å²) >= 11 is 5.77. The Balaban J connectivity index is 1.83. The smallest absolute Gasteiger partial charge is 0.204 e. The zero-order valence-corrected chi connectivity index (χ0v) is 15.8. The third-order valence-corrected chi connectivity index (χ3v) is 5.78. The number of pyridine rings is 1. The van der Waals surface area contributed by atoms with Crippen LogP contribution in [0.25, 0.3) is 16.6 Å². The highest BCUT2D eigenvalue weighted by Crippen LogP contribution is 2.26. The van der Waals surface area contributed by atoms with Gasteiger partial charge in [0.2, 0.25) is 4.77 Å². The van der Waals surface area contributed by atoms with Crippen molar-refractivity contribution >= 4 is 28.8 Å². The van der Waals surface area contributed by atoms with Crippen molar-refractivity contribution < 1.29 is 4.74 Å². The van der Waals surface area contributed by atoms with Crippen LogP contribution in [0, 0.1) is 11.7 Å². The van der Waals surface area contributed by atoms with Gasteiger partial charge in [-0.3, -0.25) is 9.30 Å². The first kappa shape index (κ1) is 16.5. The minimum Gasteiger partial charge on any atom is -0.497 e. The number of fused-ring (bicyclic) bond motifs is 3. The number of nitrogens with zero attached hydrogens (tertiary/aromatic N) is 4. The van der Waals surface area contributed by atoms with E-state index in [1.165, 1.54) is 36.6 Å². The van der Waals surface area contributed by atoms with E-state index in [2.05, 4.69) is 35.4 Å². The van der Waals surface area contributed by atoms with E-state index in [-0.39, 0.29) is 0 Å². The largest absolute Gasteiger partial charge is 0.497 e. The Labute approximate surface area is 152 Å². The average molecular weight is 356 g/mol. The molecule has 0 atom stereocenters. The summed E-state index contributed by atoms with van der Waals surface area (Å²) in [7, 11) is 3.86.